The molecule has 0 aliphatic carbocycles. The van der Waals surface area contributed by atoms with Crippen molar-refractivity contribution in [2.24, 2.45) is 0 Å². The molecule has 3 nitrogen and oxygen atoms in total. The predicted molar refractivity (Wildman–Crippen MR) is 81.8 cm³/mol. The fourth-order valence-corrected chi connectivity index (χ4v) is 2.58. The van der Waals surface area contributed by atoms with Crippen molar-refractivity contribution in [3.05, 3.63) is 36.0 Å². The molecule has 1 aromatic heterocycles. The Labute approximate surface area is 120 Å². The molecule has 2 aromatic rings. The van der Waals surface area contributed by atoms with Crippen LogP contribution >= 0.6 is 0 Å². The highest BCUT2D eigenvalue weighted by Crippen LogP contribution is 2.21. The van der Waals surface area contributed by atoms with Gasteiger partial charge in [0.15, 0.2) is 0 Å². The van der Waals surface area contributed by atoms with Gasteiger partial charge in [0.1, 0.15) is 0 Å². The average Bonchev–Trinajstić information content (AvgIpc) is 2.76. The van der Waals surface area contributed by atoms with E-state index < -0.39 is 0 Å². The standard InChI is InChI=1S/C17H23NO2/c1-3-20-17(19)11-5-4-8-12-18-13-14(2)15-9-6-7-10-16(15)18/h6-7,9-10,13H,3-5,8,11-12H2,1-2H3. The molecule has 0 saturated heterocycles. The van der Waals surface area contributed by atoms with Gasteiger partial charge in [0.25, 0.3) is 0 Å². The molecule has 2 rings (SSSR count). The SMILES string of the molecule is CCOC(=O)CCCCCn1cc(C)c2ccccc21. The van der Waals surface area contributed by atoms with Gasteiger partial charge in [-0.25, -0.2) is 0 Å². The molecule has 0 spiro atoms. The van der Waals surface area contributed by atoms with Crippen LogP contribution in [0.25, 0.3) is 10.9 Å². The lowest BCUT2D eigenvalue weighted by molar-refractivity contribution is -0.143. The first kappa shape index (κ1) is 14.6. The molecule has 1 aromatic carbocycles. The molecule has 0 saturated carbocycles. The molecule has 0 aliphatic rings. The number of hydrogen-bond acceptors (Lipinski definition) is 2. The zero-order chi connectivity index (χ0) is 14.4. The number of carbonyl (C=O) groups excluding carboxylic acids is 1. The van der Waals surface area contributed by atoms with Crippen LogP contribution in [0.5, 0.6) is 0 Å². The summed E-state index contributed by atoms with van der Waals surface area (Å²) in [6.45, 7) is 5.49. The van der Waals surface area contributed by atoms with Crippen molar-refractivity contribution in [3.63, 3.8) is 0 Å². The molecule has 20 heavy (non-hydrogen) atoms. The molecule has 0 bridgehead atoms. The van der Waals surface area contributed by atoms with E-state index in [2.05, 4.69) is 42.0 Å². The van der Waals surface area contributed by atoms with Crippen molar-refractivity contribution in [2.75, 3.05) is 6.61 Å². The molecular weight excluding hydrogens is 250 g/mol. The van der Waals surface area contributed by atoms with E-state index in [1.54, 1.807) is 0 Å². The second-order valence-electron chi connectivity index (χ2n) is 5.14. The van der Waals surface area contributed by atoms with E-state index in [1.807, 2.05) is 6.92 Å². The fourth-order valence-electron chi connectivity index (χ4n) is 2.58. The zero-order valence-electron chi connectivity index (χ0n) is 12.4. The van der Waals surface area contributed by atoms with Gasteiger partial charge in [-0.05, 0) is 38.3 Å². The summed E-state index contributed by atoms with van der Waals surface area (Å²) in [5, 5.41) is 1.33. The van der Waals surface area contributed by atoms with E-state index in [0.29, 0.717) is 13.0 Å². The Bertz CT molecular complexity index is 571. The van der Waals surface area contributed by atoms with Crippen LogP contribution in [0.1, 0.15) is 38.2 Å². The van der Waals surface area contributed by atoms with Crippen LogP contribution in [-0.4, -0.2) is 17.1 Å². The molecule has 108 valence electrons. The topological polar surface area (TPSA) is 31.2 Å². The summed E-state index contributed by atoms with van der Waals surface area (Å²) in [7, 11) is 0. The largest absolute Gasteiger partial charge is 0.466 e. The lowest BCUT2D eigenvalue weighted by Gasteiger charge is -2.05. The second kappa shape index (κ2) is 7.13. The van der Waals surface area contributed by atoms with E-state index >= 15 is 0 Å². The Morgan fingerprint density at radius 1 is 1.20 bits per heavy atom. The van der Waals surface area contributed by atoms with Gasteiger partial charge in [0.2, 0.25) is 0 Å². The number of unbranched alkanes of at least 4 members (excludes halogenated alkanes) is 2. The Morgan fingerprint density at radius 3 is 2.80 bits per heavy atom. The van der Waals surface area contributed by atoms with Gasteiger partial charge in [0, 0.05) is 30.1 Å². The zero-order valence-corrected chi connectivity index (χ0v) is 12.4. The number of ether oxygens (including phenoxy) is 1. The quantitative estimate of drug-likeness (QED) is 0.562. The predicted octanol–water partition coefficient (Wildman–Crippen LogP) is 4.07. The third-order valence-electron chi connectivity index (χ3n) is 3.57. The fraction of sp³-hybridized carbons (Fsp3) is 0.471. The minimum atomic E-state index is -0.0743. The number of fused-ring (bicyclic) bond motifs is 1. The van der Waals surface area contributed by atoms with Crippen LogP contribution in [-0.2, 0) is 16.1 Å². The van der Waals surface area contributed by atoms with E-state index in [0.717, 1.165) is 25.8 Å². The molecule has 0 N–H and O–H groups in total. The molecule has 0 radical (unpaired) electrons. The molecule has 0 aliphatic heterocycles. The number of carbonyl (C=O) groups is 1. The molecule has 1 heterocycles. The maximum Gasteiger partial charge on any atom is 0.305 e. The third-order valence-corrected chi connectivity index (χ3v) is 3.57. The number of hydrogen-bond donors (Lipinski definition) is 0. The number of esters is 1. The van der Waals surface area contributed by atoms with Crippen molar-refractivity contribution in [1.29, 1.82) is 0 Å². The van der Waals surface area contributed by atoms with Crippen molar-refractivity contribution in [3.8, 4) is 0 Å². The lowest BCUT2D eigenvalue weighted by atomic mass is 10.2. The summed E-state index contributed by atoms with van der Waals surface area (Å²) >= 11 is 0. The summed E-state index contributed by atoms with van der Waals surface area (Å²) < 4.78 is 7.24. The Balaban J connectivity index is 1.80. The number of benzene rings is 1. The van der Waals surface area contributed by atoms with Gasteiger partial charge in [0.05, 0.1) is 6.61 Å². The van der Waals surface area contributed by atoms with E-state index in [4.69, 9.17) is 4.74 Å². The maximum absolute atomic E-state index is 11.2. The van der Waals surface area contributed by atoms with E-state index in [-0.39, 0.29) is 5.97 Å². The maximum atomic E-state index is 11.2. The summed E-state index contributed by atoms with van der Waals surface area (Å²) in [6.07, 6.45) is 5.83. The van der Waals surface area contributed by atoms with Gasteiger partial charge in [-0.3, -0.25) is 4.79 Å². The first-order valence-corrected chi connectivity index (χ1v) is 7.42. The summed E-state index contributed by atoms with van der Waals surface area (Å²) in [5.74, 6) is -0.0743. The van der Waals surface area contributed by atoms with Crippen LogP contribution in [0.15, 0.2) is 30.5 Å². The van der Waals surface area contributed by atoms with Crippen LogP contribution in [0.2, 0.25) is 0 Å². The molecule has 3 heteroatoms. The summed E-state index contributed by atoms with van der Waals surface area (Å²) in [6, 6.07) is 8.50. The van der Waals surface area contributed by atoms with Gasteiger partial charge < -0.3 is 9.30 Å². The Kier molecular flexibility index (Phi) is 5.22. The number of para-hydroxylation sites is 1. The van der Waals surface area contributed by atoms with Gasteiger partial charge >= 0.3 is 5.97 Å². The van der Waals surface area contributed by atoms with E-state index in [9.17, 15) is 4.79 Å². The monoisotopic (exact) mass is 273 g/mol. The Hall–Kier alpha value is -1.77. The second-order valence-corrected chi connectivity index (χ2v) is 5.14. The molecule has 0 unspecified atom stereocenters. The van der Waals surface area contributed by atoms with E-state index in [1.165, 1.54) is 16.5 Å². The average molecular weight is 273 g/mol. The minimum absolute atomic E-state index is 0.0743. The highest BCUT2D eigenvalue weighted by molar-refractivity contribution is 5.83. The highest BCUT2D eigenvalue weighted by Gasteiger charge is 2.05. The van der Waals surface area contributed by atoms with Crippen molar-refractivity contribution in [1.82, 2.24) is 4.57 Å². The van der Waals surface area contributed by atoms with Gasteiger partial charge in [-0.15, -0.1) is 0 Å². The molecule has 0 fully saturated rings. The third kappa shape index (κ3) is 3.62. The first-order valence-electron chi connectivity index (χ1n) is 7.42. The van der Waals surface area contributed by atoms with Crippen LogP contribution in [0, 0.1) is 6.92 Å². The lowest BCUT2D eigenvalue weighted by Crippen LogP contribution is -2.03. The smallest absolute Gasteiger partial charge is 0.305 e. The van der Waals surface area contributed by atoms with Crippen LogP contribution < -0.4 is 0 Å². The Morgan fingerprint density at radius 2 is 2.00 bits per heavy atom. The van der Waals surface area contributed by atoms with Crippen molar-refractivity contribution >= 4 is 16.9 Å². The van der Waals surface area contributed by atoms with Gasteiger partial charge in [-0.1, -0.05) is 24.6 Å². The first-order chi connectivity index (χ1) is 9.72. The van der Waals surface area contributed by atoms with Crippen LogP contribution in [0.4, 0.5) is 0 Å². The highest BCUT2D eigenvalue weighted by atomic mass is 16.5. The number of nitrogens with zero attached hydrogens (tertiary/aromatic N) is 1. The molecule has 0 amide bonds. The van der Waals surface area contributed by atoms with Crippen molar-refractivity contribution in [2.45, 2.75) is 46.1 Å². The van der Waals surface area contributed by atoms with Gasteiger partial charge in [-0.2, -0.15) is 0 Å². The molecule has 0 atom stereocenters. The number of rotatable bonds is 7. The molecular formula is C17H23NO2. The number of aromatic nitrogens is 1. The minimum Gasteiger partial charge on any atom is -0.466 e. The normalized spacial score (nSPS) is 10.9. The summed E-state index contributed by atoms with van der Waals surface area (Å²) in [4.78, 5) is 11.2. The van der Waals surface area contributed by atoms with Crippen LogP contribution in [0.3, 0.4) is 0 Å². The summed E-state index contributed by atoms with van der Waals surface area (Å²) in [5.41, 5.74) is 2.63. The number of aryl methyl sites for hydroxylation is 2. The van der Waals surface area contributed by atoms with Crippen molar-refractivity contribution < 1.29 is 9.53 Å².